The van der Waals surface area contributed by atoms with Gasteiger partial charge in [-0.15, -0.1) is 0 Å². The Morgan fingerprint density at radius 1 is 1.06 bits per heavy atom. The average molecular weight is 456 g/mol. The van der Waals surface area contributed by atoms with Crippen LogP contribution in [0, 0.1) is 4.77 Å². The van der Waals surface area contributed by atoms with Crippen molar-refractivity contribution >= 4 is 29.0 Å². The highest BCUT2D eigenvalue weighted by Crippen LogP contribution is 2.27. The Balaban J connectivity index is 1.38. The van der Waals surface area contributed by atoms with Gasteiger partial charge in [-0.1, -0.05) is 24.6 Å². The maximum absolute atomic E-state index is 12.6. The largest absolute Gasteiger partial charge is 0.493 e. The Bertz CT molecular complexity index is 1190. The summed E-state index contributed by atoms with van der Waals surface area (Å²) in [7, 11) is 3.21. The SMILES string of the molecule is COc1ccc(CCNC(=O)CCCCCn2c(=S)[nH]c3ccccc3c2=O)cc1OC. The first-order chi connectivity index (χ1) is 15.5. The Morgan fingerprint density at radius 3 is 2.62 bits per heavy atom. The van der Waals surface area contributed by atoms with Crippen LogP contribution in [0.3, 0.4) is 0 Å². The number of unbranched alkanes of at least 4 members (excludes halogenated alkanes) is 2. The molecule has 0 aliphatic heterocycles. The number of amides is 1. The van der Waals surface area contributed by atoms with E-state index in [0.29, 0.717) is 41.2 Å². The second-order valence-corrected chi connectivity index (χ2v) is 7.92. The van der Waals surface area contributed by atoms with Crippen LogP contribution in [0.15, 0.2) is 47.3 Å². The van der Waals surface area contributed by atoms with Gasteiger partial charge >= 0.3 is 0 Å². The maximum Gasteiger partial charge on any atom is 0.262 e. The van der Waals surface area contributed by atoms with Crippen molar-refractivity contribution in [1.82, 2.24) is 14.9 Å². The fourth-order valence-electron chi connectivity index (χ4n) is 3.61. The number of hydrogen-bond acceptors (Lipinski definition) is 5. The van der Waals surface area contributed by atoms with Crippen LogP contribution in [-0.4, -0.2) is 36.2 Å². The Morgan fingerprint density at radius 2 is 1.84 bits per heavy atom. The van der Waals surface area contributed by atoms with Crippen molar-refractivity contribution in [2.75, 3.05) is 20.8 Å². The van der Waals surface area contributed by atoms with E-state index in [4.69, 9.17) is 21.7 Å². The van der Waals surface area contributed by atoms with E-state index in [1.807, 2.05) is 36.4 Å². The number of carbonyl (C=O) groups is 1. The lowest BCUT2D eigenvalue weighted by Gasteiger charge is -2.10. The minimum atomic E-state index is -0.0720. The number of carbonyl (C=O) groups excluding carboxylic acids is 1. The topological polar surface area (TPSA) is 85.4 Å². The summed E-state index contributed by atoms with van der Waals surface area (Å²) in [6, 6.07) is 13.1. The fraction of sp³-hybridized carbons (Fsp3) is 0.375. The van der Waals surface area contributed by atoms with Gasteiger partial charge in [0.1, 0.15) is 0 Å². The molecule has 0 unspecified atom stereocenters. The predicted molar refractivity (Wildman–Crippen MR) is 128 cm³/mol. The van der Waals surface area contributed by atoms with Crippen LogP contribution < -0.4 is 20.3 Å². The molecule has 3 rings (SSSR count). The summed E-state index contributed by atoms with van der Waals surface area (Å²) in [5.41, 5.74) is 1.75. The third-order valence-electron chi connectivity index (χ3n) is 5.36. The number of nitrogens with one attached hydrogen (secondary N) is 2. The van der Waals surface area contributed by atoms with E-state index in [2.05, 4.69) is 10.3 Å². The van der Waals surface area contributed by atoms with E-state index >= 15 is 0 Å². The van der Waals surface area contributed by atoms with Gasteiger partial charge in [0.2, 0.25) is 5.91 Å². The quantitative estimate of drug-likeness (QED) is 0.337. The van der Waals surface area contributed by atoms with Crippen molar-refractivity contribution in [3.05, 3.63) is 63.2 Å². The molecule has 0 saturated heterocycles. The van der Waals surface area contributed by atoms with Crippen LogP contribution in [0.1, 0.15) is 31.2 Å². The molecule has 0 bridgehead atoms. The lowest BCUT2D eigenvalue weighted by Crippen LogP contribution is -2.25. The van der Waals surface area contributed by atoms with Gasteiger partial charge in [0.25, 0.3) is 5.56 Å². The number of benzene rings is 2. The van der Waals surface area contributed by atoms with Crippen molar-refractivity contribution in [2.45, 2.75) is 38.6 Å². The third kappa shape index (κ3) is 5.97. The van der Waals surface area contributed by atoms with Crippen molar-refractivity contribution in [2.24, 2.45) is 0 Å². The first-order valence-electron chi connectivity index (χ1n) is 10.7. The second-order valence-electron chi connectivity index (χ2n) is 7.53. The van der Waals surface area contributed by atoms with Crippen molar-refractivity contribution in [3.63, 3.8) is 0 Å². The number of hydrogen-bond donors (Lipinski definition) is 2. The van der Waals surface area contributed by atoms with Gasteiger partial charge in [0, 0.05) is 19.5 Å². The lowest BCUT2D eigenvalue weighted by atomic mass is 10.1. The van der Waals surface area contributed by atoms with Crippen LogP contribution in [0.4, 0.5) is 0 Å². The molecule has 0 spiro atoms. The molecular weight excluding hydrogens is 426 g/mol. The number of H-pyrrole nitrogens is 1. The third-order valence-corrected chi connectivity index (χ3v) is 5.68. The molecule has 0 atom stereocenters. The molecule has 8 heteroatoms. The van der Waals surface area contributed by atoms with E-state index < -0.39 is 0 Å². The Hall–Kier alpha value is -3.13. The molecule has 1 aromatic heterocycles. The first kappa shape index (κ1) is 23.5. The molecule has 2 aromatic carbocycles. The molecule has 0 saturated carbocycles. The number of para-hydroxylation sites is 1. The second kappa shape index (κ2) is 11.5. The first-order valence-corrected chi connectivity index (χ1v) is 11.1. The highest BCUT2D eigenvalue weighted by molar-refractivity contribution is 7.71. The maximum atomic E-state index is 12.6. The molecule has 1 heterocycles. The molecule has 3 aromatic rings. The number of aromatic nitrogens is 2. The van der Waals surface area contributed by atoms with E-state index in [0.717, 1.165) is 36.8 Å². The van der Waals surface area contributed by atoms with Gasteiger partial charge < -0.3 is 19.8 Å². The van der Waals surface area contributed by atoms with E-state index in [-0.39, 0.29) is 11.5 Å². The lowest BCUT2D eigenvalue weighted by molar-refractivity contribution is -0.121. The number of methoxy groups -OCH3 is 2. The summed E-state index contributed by atoms with van der Waals surface area (Å²) in [6.45, 7) is 1.11. The number of fused-ring (bicyclic) bond motifs is 1. The van der Waals surface area contributed by atoms with E-state index in [1.54, 1.807) is 24.9 Å². The number of nitrogens with zero attached hydrogens (tertiary/aromatic N) is 1. The monoisotopic (exact) mass is 455 g/mol. The highest BCUT2D eigenvalue weighted by atomic mass is 32.1. The zero-order valence-corrected chi connectivity index (χ0v) is 19.3. The minimum Gasteiger partial charge on any atom is -0.493 e. The molecule has 170 valence electrons. The summed E-state index contributed by atoms with van der Waals surface area (Å²) in [4.78, 5) is 27.8. The van der Waals surface area contributed by atoms with Gasteiger partial charge in [0.05, 0.1) is 25.1 Å². The van der Waals surface area contributed by atoms with Crippen molar-refractivity contribution in [1.29, 1.82) is 0 Å². The molecular formula is C24H29N3O4S. The highest BCUT2D eigenvalue weighted by Gasteiger charge is 2.07. The molecule has 7 nitrogen and oxygen atoms in total. The molecule has 0 aliphatic carbocycles. The number of rotatable bonds is 11. The van der Waals surface area contributed by atoms with E-state index in [9.17, 15) is 9.59 Å². The number of aromatic amines is 1. The van der Waals surface area contributed by atoms with Crippen LogP contribution in [0.2, 0.25) is 0 Å². The van der Waals surface area contributed by atoms with E-state index in [1.165, 1.54) is 0 Å². The van der Waals surface area contributed by atoms with Crippen LogP contribution >= 0.6 is 12.2 Å². The van der Waals surface area contributed by atoms with Crippen LogP contribution in [0.5, 0.6) is 11.5 Å². The Labute approximate surface area is 192 Å². The smallest absolute Gasteiger partial charge is 0.262 e. The van der Waals surface area contributed by atoms with Crippen molar-refractivity contribution in [3.8, 4) is 11.5 Å². The summed E-state index contributed by atoms with van der Waals surface area (Å²) in [5.74, 6) is 1.40. The summed E-state index contributed by atoms with van der Waals surface area (Å²) in [6.07, 6.45) is 3.58. The predicted octanol–water partition coefficient (Wildman–Crippen LogP) is 4.00. The standard InChI is InChI=1S/C24H29N3O4S/c1-30-20-12-11-17(16-21(20)31-2)13-14-25-22(28)10-4-3-7-15-27-23(29)18-8-5-6-9-19(18)26-24(27)32/h5-6,8-9,11-12,16H,3-4,7,10,13-15H2,1-2H3,(H,25,28)(H,26,32). The molecule has 0 aliphatic rings. The van der Waals surface area contributed by atoms with Gasteiger partial charge in [-0.3, -0.25) is 14.2 Å². The van der Waals surface area contributed by atoms with Gasteiger partial charge in [-0.25, -0.2) is 0 Å². The average Bonchev–Trinajstić information content (AvgIpc) is 2.80. The van der Waals surface area contributed by atoms with Gasteiger partial charge in [0.15, 0.2) is 16.3 Å². The summed E-state index contributed by atoms with van der Waals surface area (Å²) in [5, 5.41) is 3.59. The van der Waals surface area contributed by atoms with Gasteiger partial charge in [-0.05, 0) is 61.3 Å². The normalized spacial score (nSPS) is 10.8. The van der Waals surface area contributed by atoms with Crippen molar-refractivity contribution < 1.29 is 14.3 Å². The van der Waals surface area contributed by atoms with Crippen LogP contribution in [-0.2, 0) is 17.8 Å². The summed E-state index contributed by atoms with van der Waals surface area (Å²) < 4.78 is 12.6. The molecule has 0 fully saturated rings. The molecule has 2 N–H and O–H groups in total. The molecule has 0 radical (unpaired) electrons. The zero-order valence-electron chi connectivity index (χ0n) is 18.5. The van der Waals surface area contributed by atoms with Crippen LogP contribution in [0.25, 0.3) is 10.9 Å². The minimum absolute atomic E-state index is 0.0330. The summed E-state index contributed by atoms with van der Waals surface area (Å²) >= 11 is 5.33. The number of ether oxygens (including phenoxy) is 2. The molecule has 1 amide bonds. The Kier molecular flexibility index (Phi) is 8.44. The van der Waals surface area contributed by atoms with Gasteiger partial charge in [-0.2, -0.15) is 0 Å². The molecule has 32 heavy (non-hydrogen) atoms. The zero-order chi connectivity index (χ0) is 22.9. The fourth-order valence-corrected chi connectivity index (χ4v) is 3.89.